The van der Waals surface area contributed by atoms with Crippen LogP contribution in [0.5, 0.6) is 11.5 Å². The molecule has 3 aromatic rings. The van der Waals surface area contributed by atoms with E-state index in [4.69, 9.17) is 14.2 Å². The molecule has 8 heteroatoms. The highest BCUT2D eigenvalue weighted by Gasteiger charge is 2.25. The van der Waals surface area contributed by atoms with Gasteiger partial charge in [0, 0.05) is 17.6 Å². The maximum absolute atomic E-state index is 13.2. The van der Waals surface area contributed by atoms with Gasteiger partial charge in [0.25, 0.3) is 10.0 Å². The molecule has 1 heterocycles. The number of nitrogens with zero attached hydrogens (tertiary/aromatic N) is 1. The molecule has 7 nitrogen and oxygen atoms in total. The van der Waals surface area contributed by atoms with Gasteiger partial charge in [-0.15, -0.1) is 0 Å². The summed E-state index contributed by atoms with van der Waals surface area (Å²) in [4.78, 5) is 12.0. The predicted octanol–water partition coefficient (Wildman–Crippen LogP) is 2.68. The first-order valence-corrected chi connectivity index (χ1v) is 9.04. The number of hydrogen-bond acceptors (Lipinski definition) is 6. The lowest BCUT2D eigenvalue weighted by Gasteiger charge is -2.11. The maximum Gasteiger partial charge on any atom is 0.340 e. The Morgan fingerprint density at radius 2 is 1.65 bits per heavy atom. The Balaban J connectivity index is 2.24. The van der Waals surface area contributed by atoms with Crippen molar-refractivity contribution in [3.05, 3.63) is 54.2 Å². The molecule has 0 spiro atoms. The number of ether oxygens (including phenoxy) is 3. The Morgan fingerprint density at radius 3 is 2.31 bits per heavy atom. The maximum atomic E-state index is 13.2. The molecule has 26 heavy (non-hydrogen) atoms. The van der Waals surface area contributed by atoms with Gasteiger partial charge >= 0.3 is 5.97 Å². The summed E-state index contributed by atoms with van der Waals surface area (Å²) >= 11 is 0. The third-order valence-electron chi connectivity index (χ3n) is 4.00. The second-order valence-electron chi connectivity index (χ2n) is 5.37. The average molecular weight is 375 g/mol. The van der Waals surface area contributed by atoms with E-state index >= 15 is 0 Å². The minimum atomic E-state index is -3.97. The van der Waals surface area contributed by atoms with Gasteiger partial charge in [-0.2, -0.15) is 0 Å². The number of para-hydroxylation sites is 1. The second kappa shape index (κ2) is 6.72. The lowest BCUT2D eigenvalue weighted by atomic mass is 10.2. The monoisotopic (exact) mass is 375 g/mol. The molecule has 1 aromatic heterocycles. The molecule has 0 aliphatic rings. The van der Waals surface area contributed by atoms with Crippen LogP contribution in [0.25, 0.3) is 10.9 Å². The molecule has 0 aliphatic heterocycles. The summed E-state index contributed by atoms with van der Waals surface area (Å²) in [7, 11) is 0.168. The normalized spacial score (nSPS) is 11.3. The Labute approximate surface area is 150 Å². The Morgan fingerprint density at radius 1 is 0.962 bits per heavy atom. The van der Waals surface area contributed by atoms with Gasteiger partial charge in [0.2, 0.25) is 0 Å². The summed E-state index contributed by atoms with van der Waals surface area (Å²) in [5.74, 6) is 0.0970. The molecular formula is C18H17NO6S. The quantitative estimate of drug-likeness (QED) is 0.638. The van der Waals surface area contributed by atoms with Crippen molar-refractivity contribution in [2.24, 2.45) is 0 Å². The highest BCUT2D eigenvalue weighted by atomic mass is 32.2. The number of rotatable bonds is 5. The first kappa shape index (κ1) is 17.8. The highest BCUT2D eigenvalue weighted by molar-refractivity contribution is 7.90. The second-order valence-corrected chi connectivity index (χ2v) is 7.18. The number of carbonyl (C=O) groups excluding carboxylic acids is 1. The number of benzene rings is 2. The van der Waals surface area contributed by atoms with Gasteiger partial charge in [-0.3, -0.25) is 0 Å². The smallest absolute Gasteiger partial charge is 0.340 e. The summed E-state index contributed by atoms with van der Waals surface area (Å²) in [5.41, 5.74) is 0.551. The van der Waals surface area contributed by atoms with Crippen molar-refractivity contribution in [3.8, 4) is 11.5 Å². The van der Waals surface area contributed by atoms with Gasteiger partial charge < -0.3 is 14.2 Å². The number of carbonyl (C=O) groups is 1. The van der Waals surface area contributed by atoms with Gasteiger partial charge in [0.15, 0.2) is 11.5 Å². The van der Waals surface area contributed by atoms with Crippen LogP contribution in [0.15, 0.2) is 53.6 Å². The van der Waals surface area contributed by atoms with Crippen molar-refractivity contribution >= 4 is 26.9 Å². The van der Waals surface area contributed by atoms with Gasteiger partial charge in [-0.1, -0.05) is 18.2 Å². The molecule has 0 amide bonds. The van der Waals surface area contributed by atoms with E-state index in [9.17, 15) is 13.2 Å². The summed E-state index contributed by atoms with van der Waals surface area (Å²) in [5, 5.41) is 0.489. The molecule has 0 aliphatic carbocycles. The zero-order valence-electron chi connectivity index (χ0n) is 14.4. The van der Waals surface area contributed by atoms with Crippen LogP contribution in [0.4, 0.5) is 0 Å². The van der Waals surface area contributed by atoms with E-state index in [-0.39, 0.29) is 10.5 Å². The fraction of sp³-hybridized carbons (Fsp3) is 0.167. The fourth-order valence-corrected chi connectivity index (χ4v) is 4.10. The molecule has 0 radical (unpaired) electrons. The summed E-state index contributed by atoms with van der Waals surface area (Å²) < 4.78 is 42.5. The molecular weight excluding hydrogens is 358 g/mol. The van der Waals surface area contributed by atoms with Gasteiger partial charge in [-0.05, 0) is 18.2 Å². The number of hydrogen-bond donors (Lipinski definition) is 0. The number of fused-ring (bicyclic) bond motifs is 1. The number of methoxy groups -OCH3 is 3. The van der Waals surface area contributed by atoms with Crippen molar-refractivity contribution in [2.75, 3.05) is 21.3 Å². The van der Waals surface area contributed by atoms with E-state index in [1.807, 2.05) is 0 Å². The zero-order valence-corrected chi connectivity index (χ0v) is 15.2. The standard InChI is InChI=1S/C18H17NO6S/c1-23-16-9-8-12(10-17(16)24-2)26(21,22)19-11-14(18(20)25-3)13-6-4-5-7-15(13)19/h4-11H,1-3H3. The van der Waals surface area contributed by atoms with E-state index in [2.05, 4.69) is 0 Å². The van der Waals surface area contributed by atoms with Crippen LogP contribution < -0.4 is 9.47 Å². The van der Waals surface area contributed by atoms with Crippen LogP contribution in [0.2, 0.25) is 0 Å². The molecule has 3 rings (SSSR count). The van der Waals surface area contributed by atoms with Crippen LogP contribution in [0, 0.1) is 0 Å². The molecule has 0 bridgehead atoms. The Bertz CT molecular complexity index is 1080. The molecule has 2 aromatic carbocycles. The largest absolute Gasteiger partial charge is 0.493 e. The van der Waals surface area contributed by atoms with Crippen molar-refractivity contribution in [2.45, 2.75) is 4.90 Å². The third kappa shape index (κ3) is 2.78. The van der Waals surface area contributed by atoms with Crippen LogP contribution in [-0.2, 0) is 14.8 Å². The molecule has 0 fully saturated rings. The van der Waals surface area contributed by atoms with Crippen molar-refractivity contribution in [3.63, 3.8) is 0 Å². The molecule has 0 saturated heterocycles. The minimum absolute atomic E-state index is 0.00678. The highest BCUT2D eigenvalue weighted by Crippen LogP contribution is 2.32. The predicted molar refractivity (Wildman–Crippen MR) is 95.4 cm³/mol. The van der Waals surface area contributed by atoms with Gasteiger partial charge in [0.1, 0.15) is 0 Å². The Kier molecular flexibility index (Phi) is 4.60. The zero-order chi connectivity index (χ0) is 18.9. The molecule has 0 atom stereocenters. The molecule has 136 valence electrons. The number of esters is 1. The van der Waals surface area contributed by atoms with E-state index < -0.39 is 16.0 Å². The van der Waals surface area contributed by atoms with Crippen molar-refractivity contribution in [1.82, 2.24) is 3.97 Å². The van der Waals surface area contributed by atoms with Crippen LogP contribution in [0.1, 0.15) is 10.4 Å². The van der Waals surface area contributed by atoms with Crippen molar-refractivity contribution < 1.29 is 27.4 Å². The topological polar surface area (TPSA) is 83.8 Å². The molecule has 0 unspecified atom stereocenters. The lowest BCUT2D eigenvalue weighted by molar-refractivity contribution is 0.0603. The third-order valence-corrected chi connectivity index (χ3v) is 5.66. The summed E-state index contributed by atoms with van der Waals surface area (Å²) in [6.07, 6.45) is 1.27. The van der Waals surface area contributed by atoms with Crippen LogP contribution >= 0.6 is 0 Å². The lowest BCUT2D eigenvalue weighted by Crippen LogP contribution is -2.12. The first-order valence-electron chi connectivity index (χ1n) is 7.60. The van der Waals surface area contributed by atoms with E-state index in [1.54, 1.807) is 24.3 Å². The SMILES string of the molecule is COC(=O)c1cn(S(=O)(=O)c2ccc(OC)c(OC)c2)c2ccccc12. The summed E-state index contributed by atoms with van der Waals surface area (Å²) in [6, 6.07) is 11.0. The molecule has 0 N–H and O–H groups in total. The van der Waals surface area contributed by atoms with E-state index in [0.29, 0.717) is 22.4 Å². The van der Waals surface area contributed by atoms with Crippen LogP contribution in [0.3, 0.4) is 0 Å². The van der Waals surface area contributed by atoms with Gasteiger partial charge in [-0.25, -0.2) is 17.2 Å². The first-order chi connectivity index (χ1) is 12.4. The fourth-order valence-electron chi connectivity index (χ4n) is 2.71. The van der Waals surface area contributed by atoms with E-state index in [0.717, 1.165) is 3.97 Å². The Hall–Kier alpha value is -3.00. The van der Waals surface area contributed by atoms with Crippen molar-refractivity contribution in [1.29, 1.82) is 0 Å². The number of aromatic nitrogens is 1. The van der Waals surface area contributed by atoms with Crippen LogP contribution in [-0.4, -0.2) is 39.7 Å². The van der Waals surface area contributed by atoms with Gasteiger partial charge in [0.05, 0.1) is 37.3 Å². The summed E-state index contributed by atoms with van der Waals surface area (Å²) in [6.45, 7) is 0. The minimum Gasteiger partial charge on any atom is -0.493 e. The van der Waals surface area contributed by atoms with E-state index in [1.165, 1.54) is 45.7 Å². The average Bonchev–Trinajstić information content (AvgIpc) is 3.07. The molecule has 0 saturated carbocycles.